The number of aliphatic carboxylic acids is 1. The molecule has 0 amide bonds. The van der Waals surface area contributed by atoms with E-state index in [0.717, 1.165) is 72.0 Å². The van der Waals surface area contributed by atoms with Gasteiger partial charge in [-0.3, -0.25) is 9.88 Å². The van der Waals surface area contributed by atoms with Crippen molar-refractivity contribution in [1.82, 2.24) is 19.4 Å². The van der Waals surface area contributed by atoms with Gasteiger partial charge in [0.05, 0.1) is 37.5 Å². The molecule has 1 fully saturated rings. The number of rotatable bonds is 5. The van der Waals surface area contributed by atoms with Crippen molar-refractivity contribution in [3.63, 3.8) is 0 Å². The van der Waals surface area contributed by atoms with Crippen LogP contribution in [0, 0.1) is 0 Å². The number of alkyl halides is 3. The molecule has 11 heteroatoms. The Hall–Kier alpha value is -3.86. The third-order valence-corrected chi connectivity index (χ3v) is 6.30. The Labute approximate surface area is 211 Å². The van der Waals surface area contributed by atoms with Crippen molar-refractivity contribution in [3.8, 4) is 17.0 Å². The van der Waals surface area contributed by atoms with Crippen LogP contribution in [0.25, 0.3) is 22.3 Å². The number of likely N-dealkylation sites (tertiary alicyclic amines) is 1. The maximum Gasteiger partial charge on any atom is 0.490 e. The largest absolute Gasteiger partial charge is 0.497 e. The van der Waals surface area contributed by atoms with Gasteiger partial charge in [-0.2, -0.15) is 13.2 Å². The predicted molar refractivity (Wildman–Crippen MR) is 130 cm³/mol. The standard InChI is InChI=1S/C24H26N4O2.C2HF3O2/c1-27-16-25-24-22(27)14-21(26-23(24)18-5-7-19(29-2)8-6-18)17-9-11-28(12-10-17)15-20-4-3-13-30-20;3-2(4,5)1(6)7/h3-8,13-14,16-17H,9-12,15H2,1-2H3;(H,6,7). The summed E-state index contributed by atoms with van der Waals surface area (Å²) in [5.74, 6) is -0.428. The van der Waals surface area contributed by atoms with Gasteiger partial charge in [-0.1, -0.05) is 0 Å². The molecule has 0 aliphatic carbocycles. The molecule has 37 heavy (non-hydrogen) atoms. The molecule has 0 bridgehead atoms. The fourth-order valence-corrected chi connectivity index (χ4v) is 4.32. The summed E-state index contributed by atoms with van der Waals surface area (Å²) in [4.78, 5) is 21.1. The van der Waals surface area contributed by atoms with E-state index in [0.29, 0.717) is 5.92 Å². The minimum atomic E-state index is -5.08. The van der Waals surface area contributed by atoms with Crippen LogP contribution in [0.2, 0.25) is 0 Å². The Balaban J connectivity index is 0.000000405. The topological polar surface area (TPSA) is 93.6 Å². The molecule has 4 heterocycles. The fourth-order valence-electron chi connectivity index (χ4n) is 4.32. The summed E-state index contributed by atoms with van der Waals surface area (Å²) < 4.78 is 44.6. The van der Waals surface area contributed by atoms with E-state index in [1.165, 1.54) is 0 Å². The number of nitrogens with zero attached hydrogens (tertiary/aromatic N) is 4. The number of carbonyl (C=O) groups is 1. The van der Waals surface area contributed by atoms with Crippen molar-refractivity contribution >= 4 is 17.0 Å². The molecule has 196 valence electrons. The number of aromatic nitrogens is 3. The van der Waals surface area contributed by atoms with E-state index in [-0.39, 0.29) is 0 Å². The Morgan fingerprint density at radius 1 is 1.19 bits per heavy atom. The molecule has 0 unspecified atom stereocenters. The van der Waals surface area contributed by atoms with Crippen LogP contribution in [-0.2, 0) is 18.4 Å². The second-order valence-corrected chi connectivity index (χ2v) is 8.78. The van der Waals surface area contributed by atoms with Crippen LogP contribution in [0.15, 0.2) is 59.5 Å². The monoisotopic (exact) mass is 516 g/mol. The van der Waals surface area contributed by atoms with E-state index in [9.17, 15) is 13.2 Å². The average Bonchev–Trinajstić information content (AvgIpc) is 3.54. The zero-order valence-corrected chi connectivity index (χ0v) is 20.4. The quantitative estimate of drug-likeness (QED) is 0.387. The van der Waals surface area contributed by atoms with E-state index < -0.39 is 12.1 Å². The summed E-state index contributed by atoms with van der Waals surface area (Å²) >= 11 is 0. The van der Waals surface area contributed by atoms with Crippen LogP contribution in [0.5, 0.6) is 5.75 Å². The number of furan rings is 1. The first kappa shape index (κ1) is 26.2. The number of carboxylic acid groups (broad SMARTS) is 1. The molecule has 1 aromatic carbocycles. The summed E-state index contributed by atoms with van der Waals surface area (Å²) in [6, 6.07) is 14.3. The molecule has 1 saturated heterocycles. The van der Waals surface area contributed by atoms with E-state index in [1.54, 1.807) is 13.4 Å². The molecular formula is C26H27F3N4O4. The Kier molecular flexibility index (Phi) is 7.82. The highest BCUT2D eigenvalue weighted by molar-refractivity contribution is 5.90. The van der Waals surface area contributed by atoms with Gasteiger partial charge < -0.3 is 18.8 Å². The summed E-state index contributed by atoms with van der Waals surface area (Å²) in [6.07, 6.45) is 0.725. The van der Waals surface area contributed by atoms with Gasteiger partial charge in [-0.15, -0.1) is 0 Å². The van der Waals surface area contributed by atoms with E-state index in [2.05, 4.69) is 32.7 Å². The summed E-state index contributed by atoms with van der Waals surface area (Å²) in [7, 11) is 3.73. The van der Waals surface area contributed by atoms with Crippen LogP contribution < -0.4 is 4.74 Å². The van der Waals surface area contributed by atoms with Gasteiger partial charge in [0.25, 0.3) is 0 Å². The van der Waals surface area contributed by atoms with E-state index >= 15 is 0 Å². The number of carboxylic acids is 1. The molecule has 1 N–H and O–H groups in total. The zero-order valence-electron chi connectivity index (χ0n) is 20.4. The predicted octanol–water partition coefficient (Wildman–Crippen LogP) is 5.25. The fraction of sp³-hybridized carbons (Fsp3) is 0.346. The summed E-state index contributed by atoms with van der Waals surface area (Å²) in [5.41, 5.74) is 5.25. The maximum atomic E-state index is 10.6. The summed E-state index contributed by atoms with van der Waals surface area (Å²) in [6.45, 7) is 2.98. The number of hydrogen-bond acceptors (Lipinski definition) is 6. The van der Waals surface area contributed by atoms with Crippen LogP contribution in [0.4, 0.5) is 13.2 Å². The zero-order chi connectivity index (χ0) is 26.6. The first-order chi connectivity index (χ1) is 17.7. The molecule has 1 aliphatic rings. The number of methoxy groups -OCH3 is 1. The molecule has 0 radical (unpaired) electrons. The number of imidazole rings is 1. The highest BCUT2D eigenvalue weighted by Crippen LogP contribution is 2.33. The number of halogens is 3. The Bertz CT molecular complexity index is 1330. The van der Waals surface area contributed by atoms with Gasteiger partial charge in [-0.25, -0.2) is 9.78 Å². The Morgan fingerprint density at radius 2 is 1.86 bits per heavy atom. The Morgan fingerprint density at radius 3 is 2.43 bits per heavy atom. The SMILES string of the molecule is COc1ccc(-c2nc(C3CCN(Cc4ccco4)CC3)cc3c2ncn3C)cc1.O=C(O)C(F)(F)F. The number of fused-ring (bicyclic) bond motifs is 1. The molecule has 0 spiro atoms. The number of piperidine rings is 1. The lowest BCUT2D eigenvalue weighted by Crippen LogP contribution is -2.32. The number of benzene rings is 1. The van der Waals surface area contributed by atoms with Gasteiger partial charge in [0, 0.05) is 24.2 Å². The van der Waals surface area contributed by atoms with Crippen LogP contribution >= 0.6 is 0 Å². The first-order valence-electron chi connectivity index (χ1n) is 11.7. The normalized spacial score (nSPS) is 14.8. The number of hydrogen-bond donors (Lipinski definition) is 1. The third-order valence-electron chi connectivity index (χ3n) is 6.30. The van der Waals surface area contributed by atoms with Gasteiger partial charge >= 0.3 is 12.1 Å². The third kappa shape index (κ3) is 6.29. The van der Waals surface area contributed by atoms with Crippen LogP contribution in [0.3, 0.4) is 0 Å². The minimum absolute atomic E-state index is 0.453. The molecule has 8 nitrogen and oxygen atoms in total. The van der Waals surface area contributed by atoms with Crippen molar-refractivity contribution in [1.29, 1.82) is 0 Å². The highest BCUT2D eigenvalue weighted by Gasteiger charge is 2.38. The van der Waals surface area contributed by atoms with Gasteiger partial charge in [0.15, 0.2) is 0 Å². The maximum absolute atomic E-state index is 10.6. The molecule has 4 aromatic rings. The van der Waals surface area contributed by atoms with Crippen molar-refractivity contribution in [2.75, 3.05) is 20.2 Å². The molecule has 1 aliphatic heterocycles. The number of aryl methyl sites for hydroxylation is 1. The summed E-state index contributed by atoms with van der Waals surface area (Å²) in [5, 5.41) is 7.12. The van der Waals surface area contributed by atoms with Crippen molar-refractivity contribution in [2.45, 2.75) is 31.5 Å². The van der Waals surface area contributed by atoms with E-state index in [1.807, 2.05) is 37.6 Å². The van der Waals surface area contributed by atoms with Crippen LogP contribution in [0.1, 0.15) is 30.2 Å². The number of pyridine rings is 1. The van der Waals surface area contributed by atoms with Gasteiger partial charge in [0.1, 0.15) is 17.0 Å². The van der Waals surface area contributed by atoms with Gasteiger partial charge in [0.2, 0.25) is 0 Å². The van der Waals surface area contributed by atoms with Crippen LogP contribution in [-0.4, -0.2) is 56.9 Å². The smallest absolute Gasteiger partial charge is 0.490 e. The highest BCUT2D eigenvalue weighted by atomic mass is 19.4. The lowest BCUT2D eigenvalue weighted by molar-refractivity contribution is -0.192. The molecule has 3 aromatic heterocycles. The van der Waals surface area contributed by atoms with Crippen molar-refractivity contribution in [3.05, 3.63) is 66.5 Å². The molecule has 5 rings (SSSR count). The lowest BCUT2D eigenvalue weighted by Gasteiger charge is -2.31. The van der Waals surface area contributed by atoms with Crippen molar-refractivity contribution < 1.29 is 32.2 Å². The molecule has 0 atom stereocenters. The second kappa shape index (κ2) is 11.0. The van der Waals surface area contributed by atoms with Gasteiger partial charge in [-0.05, 0) is 68.4 Å². The molecule has 0 saturated carbocycles. The second-order valence-electron chi connectivity index (χ2n) is 8.78. The number of ether oxygens (including phenoxy) is 1. The lowest BCUT2D eigenvalue weighted by atomic mass is 9.92. The minimum Gasteiger partial charge on any atom is -0.497 e. The van der Waals surface area contributed by atoms with Crippen molar-refractivity contribution in [2.24, 2.45) is 7.05 Å². The average molecular weight is 517 g/mol. The molecular weight excluding hydrogens is 489 g/mol. The van der Waals surface area contributed by atoms with E-state index in [4.69, 9.17) is 24.0 Å². The first-order valence-corrected chi connectivity index (χ1v) is 11.7.